The number of hydrogen-bond donors (Lipinski definition) is 1. The lowest BCUT2D eigenvalue weighted by Crippen LogP contribution is -2.29. The van der Waals surface area contributed by atoms with E-state index in [9.17, 15) is 13.2 Å². The maximum absolute atomic E-state index is 11.6. The number of sulfone groups is 1. The Morgan fingerprint density at radius 2 is 2.06 bits per heavy atom. The predicted octanol–water partition coefficient (Wildman–Crippen LogP) is 1.94. The van der Waals surface area contributed by atoms with E-state index in [1.165, 1.54) is 5.38 Å². The fourth-order valence-electron chi connectivity index (χ4n) is 1.06. The lowest BCUT2D eigenvalue weighted by atomic mass is 10.3. The van der Waals surface area contributed by atoms with Crippen LogP contribution in [0.3, 0.4) is 0 Å². The third-order valence-corrected chi connectivity index (χ3v) is 4.59. The van der Waals surface area contributed by atoms with Gasteiger partial charge in [-0.05, 0) is 13.8 Å². The van der Waals surface area contributed by atoms with Crippen LogP contribution in [0.1, 0.15) is 23.5 Å². The average Bonchev–Trinajstić information content (AvgIpc) is 2.44. The van der Waals surface area contributed by atoms with Crippen molar-refractivity contribution in [2.24, 2.45) is 0 Å². The minimum Gasteiger partial charge on any atom is -0.349 e. The van der Waals surface area contributed by atoms with Gasteiger partial charge in [-0.3, -0.25) is 4.79 Å². The highest BCUT2D eigenvalue weighted by Gasteiger charge is 2.22. The van der Waals surface area contributed by atoms with Crippen molar-refractivity contribution in [1.29, 1.82) is 0 Å². The Kier molecular flexibility index (Phi) is 3.98. The largest absolute Gasteiger partial charge is 0.349 e. The molecule has 4 nitrogen and oxygen atoms in total. The predicted molar refractivity (Wildman–Crippen MR) is 65.0 cm³/mol. The molecular formula is C9H12ClNO3S2. The van der Waals surface area contributed by atoms with Crippen molar-refractivity contribution in [3.8, 4) is 0 Å². The number of halogens is 1. The molecule has 0 fully saturated rings. The van der Waals surface area contributed by atoms with Crippen LogP contribution in [-0.4, -0.2) is 26.6 Å². The minimum atomic E-state index is -3.38. The molecule has 1 aromatic heterocycles. The second kappa shape index (κ2) is 4.73. The zero-order valence-corrected chi connectivity index (χ0v) is 11.5. The van der Waals surface area contributed by atoms with Gasteiger partial charge in [0, 0.05) is 17.7 Å². The van der Waals surface area contributed by atoms with Crippen LogP contribution in [0.2, 0.25) is 5.02 Å². The van der Waals surface area contributed by atoms with E-state index in [-0.39, 0.29) is 26.7 Å². The Balaban J connectivity index is 3.11. The number of nitrogens with one attached hydrogen (secondary N) is 1. The third kappa shape index (κ3) is 2.96. The molecule has 0 atom stereocenters. The van der Waals surface area contributed by atoms with E-state index in [1.807, 2.05) is 13.8 Å². The molecule has 0 bridgehead atoms. The molecule has 1 amide bonds. The minimum absolute atomic E-state index is 0.00523. The summed E-state index contributed by atoms with van der Waals surface area (Å²) in [5.41, 5.74) is 0. The monoisotopic (exact) mass is 281 g/mol. The van der Waals surface area contributed by atoms with Gasteiger partial charge in [0.15, 0.2) is 9.84 Å². The van der Waals surface area contributed by atoms with Gasteiger partial charge in [0.1, 0.15) is 4.88 Å². The van der Waals surface area contributed by atoms with Crippen LogP contribution >= 0.6 is 22.9 Å². The summed E-state index contributed by atoms with van der Waals surface area (Å²) in [5, 5.41) is 4.04. The Labute approximate surface area is 104 Å². The molecule has 1 rings (SSSR count). The SMILES string of the molecule is CC(C)NC(=O)c1scc(S(C)(=O)=O)c1Cl. The van der Waals surface area contributed by atoms with Crippen LogP contribution in [0.15, 0.2) is 10.3 Å². The first kappa shape index (κ1) is 13.5. The van der Waals surface area contributed by atoms with E-state index in [4.69, 9.17) is 11.6 Å². The molecule has 1 N–H and O–H groups in total. The van der Waals surface area contributed by atoms with E-state index in [2.05, 4.69) is 5.32 Å². The number of hydrogen-bond acceptors (Lipinski definition) is 4. The standard InChI is InChI=1S/C9H12ClNO3S2/c1-5(2)11-9(12)8-7(10)6(4-15-8)16(3,13)14/h4-5H,1-3H3,(H,11,12). The summed E-state index contributed by atoms with van der Waals surface area (Å²) in [5.74, 6) is -0.347. The van der Waals surface area contributed by atoms with Gasteiger partial charge in [-0.25, -0.2) is 8.42 Å². The van der Waals surface area contributed by atoms with Gasteiger partial charge in [-0.1, -0.05) is 11.6 Å². The van der Waals surface area contributed by atoms with Crippen molar-refractivity contribution in [3.63, 3.8) is 0 Å². The van der Waals surface area contributed by atoms with E-state index < -0.39 is 9.84 Å². The summed E-state index contributed by atoms with van der Waals surface area (Å²) in [6, 6.07) is -0.0210. The number of carbonyl (C=O) groups is 1. The first-order valence-electron chi connectivity index (χ1n) is 4.51. The van der Waals surface area contributed by atoms with Crippen molar-refractivity contribution in [2.45, 2.75) is 24.8 Å². The molecule has 1 heterocycles. The molecule has 0 saturated heterocycles. The fourth-order valence-corrected chi connectivity index (χ4v) is 3.88. The fraction of sp³-hybridized carbons (Fsp3) is 0.444. The Morgan fingerprint density at radius 3 is 2.44 bits per heavy atom. The van der Waals surface area contributed by atoms with Gasteiger partial charge >= 0.3 is 0 Å². The lowest BCUT2D eigenvalue weighted by Gasteiger charge is -2.06. The number of amides is 1. The van der Waals surface area contributed by atoms with E-state index >= 15 is 0 Å². The topological polar surface area (TPSA) is 63.2 Å². The van der Waals surface area contributed by atoms with Crippen molar-refractivity contribution in [2.75, 3.05) is 6.26 Å². The van der Waals surface area contributed by atoms with Crippen LogP contribution in [0, 0.1) is 0 Å². The number of carbonyl (C=O) groups excluding carboxylic acids is 1. The Hall–Kier alpha value is -0.590. The van der Waals surface area contributed by atoms with Crippen molar-refractivity contribution >= 4 is 38.7 Å². The smallest absolute Gasteiger partial charge is 0.263 e. The van der Waals surface area contributed by atoms with Crippen LogP contribution in [0.5, 0.6) is 0 Å². The summed E-state index contributed by atoms with van der Waals surface area (Å²) < 4.78 is 22.6. The van der Waals surface area contributed by atoms with Gasteiger partial charge in [-0.2, -0.15) is 0 Å². The first-order valence-corrected chi connectivity index (χ1v) is 7.66. The highest BCUT2D eigenvalue weighted by Crippen LogP contribution is 2.31. The zero-order chi connectivity index (χ0) is 12.5. The summed E-state index contributed by atoms with van der Waals surface area (Å²) in [6.07, 6.45) is 1.06. The van der Waals surface area contributed by atoms with Gasteiger partial charge in [0.05, 0.1) is 9.92 Å². The summed E-state index contributed by atoms with van der Waals surface area (Å²) >= 11 is 6.89. The summed E-state index contributed by atoms with van der Waals surface area (Å²) in [7, 11) is -3.38. The molecule has 0 aromatic carbocycles. The maximum atomic E-state index is 11.6. The Morgan fingerprint density at radius 1 is 1.50 bits per heavy atom. The molecule has 0 unspecified atom stereocenters. The summed E-state index contributed by atoms with van der Waals surface area (Å²) in [4.78, 5) is 11.9. The first-order chi connectivity index (χ1) is 7.23. The van der Waals surface area contributed by atoms with E-state index in [0.717, 1.165) is 17.6 Å². The van der Waals surface area contributed by atoms with Crippen LogP contribution in [0.4, 0.5) is 0 Å². The molecular weight excluding hydrogens is 270 g/mol. The van der Waals surface area contributed by atoms with Gasteiger partial charge in [0.2, 0.25) is 0 Å². The van der Waals surface area contributed by atoms with Crippen LogP contribution < -0.4 is 5.32 Å². The summed E-state index contributed by atoms with van der Waals surface area (Å²) in [6.45, 7) is 3.63. The number of rotatable bonds is 3. The van der Waals surface area contributed by atoms with Crippen molar-refractivity contribution in [3.05, 3.63) is 15.3 Å². The van der Waals surface area contributed by atoms with Gasteiger partial charge in [0.25, 0.3) is 5.91 Å². The maximum Gasteiger partial charge on any atom is 0.263 e. The highest BCUT2D eigenvalue weighted by atomic mass is 35.5. The normalized spacial score (nSPS) is 11.8. The van der Waals surface area contributed by atoms with Gasteiger partial charge in [-0.15, -0.1) is 11.3 Å². The Bertz CT molecular complexity index is 505. The molecule has 0 saturated carbocycles. The molecule has 1 aromatic rings. The molecule has 0 radical (unpaired) electrons. The third-order valence-electron chi connectivity index (χ3n) is 1.72. The van der Waals surface area contributed by atoms with Crippen LogP contribution in [-0.2, 0) is 9.84 Å². The molecule has 0 aliphatic carbocycles. The number of thiophene rings is 1. The second-order valence-electron chi connectivity index (χ2n) is 3.64. The molecule has 16 heavy (non-hydrogen) atoms. The average molecular weight is 282 g/mol. The lowest BCUT2D eigenvalue weighted by molar-refractivity contribution is 0.0947. The zero-order valence-electron chi connectivity index (χ0n) is 9.07. The quantitative estimate of drug-likeness (QED) is 0.921. The van der Waals surface area contributed by atoms with Crippen molar-refractivity contribution in [1.82, 2.24) is 5.32 Å². The molecule has 0 aliphatic rings. The van der Waals surface area contributed by atoms with Gasteiger partial charge < -0.3 is 5.32 Å². The second-order valence-corrected chi connectivity index (χ2v) is 6.89. The molecule has 7 heteroatoms. The highest BCUT2D eigenvalue weighted by molar-refractivity contribution is 7.91. The molecule has 0 aliphatic heterocycles. The van der Waals surface area contributed by atoms with E-state index in [0.29, 0.717) is 0 Å². The van der Waals surface area contributed by atoms with E-state index in [1.54, 1.807) is 0 Å². The van der Waals surface area contributed by atoms with Crippen LogP contribution in [0.25, 0.3) is 0 Å². The molecule has 0 spiro atoms. The molecule has 90 valence electrons. The van der Waals surface area contributed by atoms with Crippen molar-refractivity contribution < 1.29 is 13.2 Å².